The standard InChI is InChI=1S/C42H34O4P2/c43-35-26-28-37(47(30-16-6-1-7-17-30)31-18-8-2-9-19-31)39(41(35)45)40-38(29-27-36(44)42(40)46)48(32-20-10-3-11-21-32,33-22-12-4-13-23-33)34-24-14-5-15-25-34/h1-29,43-46,48H. The van der Waals surface area contributed by atoms with E-state index in [1.54, 1.807) is 0 Å². The van der Waals surface area contributed by atoms with Crippen LogP contribution >= 0.6 is 15.2 Å². The predicted molar refractivity (Wildman–Crippen MR) is 203 cm³/mol. The van der Waals surface area contributed by atoms with Gasteiger partial charge in [0, 0.05) is 0 Å². The summed E-state index contributed by atoms with van der Waals surface area (Å²) in [7, 11) is -4.60. The predicted octanol–water partition coefficient (Wildman–Crippen LogP) is 6.29. The van der Waals surface area contributed by atoms with E-state index in [0.29, 0.717) is 5.56 Å². The van der Waals surface area contributed by atoms with E-state index >= 15 is 0 Å². The van der Waals surface area contributed by atoms with Gasteiger partial charge in [-0.1, -0.05) is 0 Å². The Labute approximate surface area is 282 Å². The Hall–Kier alpha value is -5.40. The maximum absolute atomic E-state index is 12.1. The fourth-order valence-corrected chi connectivity index (χ4v) is 14.2. The summed E-state index contributed by atoms with van der Waals surface area (Å²) in [6.07, 6.45) is 0. The van der Waals surface area contributed by atoms with E-state index in [2.05, 4.69) is 60.7 Å². The van der Waals surface area contributed by atoms with Crippen LogP contribution in [-0.4, -0.2) is 20.4 Å². The molecule has 7 rings (SSSR count). The Morgan fingerprint density at radius 1 is 0.354 bits per heavy atom. The van der Waals surface area contributed by atoms with Crippen LogP contribution in [0.3, 0.4) is 0 Å². The van der Waals surface area contributed by atoms with Crippen molar-refractivity contribution in [3.05, 3.63) is 176 Å². The Bertz CT molecular complexity index is 2020. The first-order valence-corrected chi connectivity index (χ1v) is 19.0. The number of aromatic hydroxyl groups is 4. The van der Waals surface area contributed by atoms with Gasteiger partial charge in [0.1, 0.15) is 0 Å². The summed E-state index contributed by atoms with van der Waals surface area (Å²) < 4.78 is 0. The normalized spacial score (nSPS) is 11.8. The zero-order chi connectivity index (χ0) is 33.1. The number of phenols is 4. The molecule has 4 nitrogen and oxygen atoms in total. The molecule has 236 valence electrons. The van der Waals surface area contributed by atoms with E-state index in [1.807, 2.05) is 103 Å². The molecule has 0 saturated carbocycles. The Kier molecular flexibility index (Phi) is 8.70. The number of hydrogen-bond acceptors (Lipinski definition) is 4. The van der Waals surface area contributed by atoms with Gasteiger partial charge in [-0.2, -0.15) is 0 Å². The van der Waals surface area contributed by atoms with Gasteiger partial charge in [0.25, 0.3) is 0 Å². The van der Waals surface area contributed by atoms with Crippen molar-refractivity contribution in [3.63, 3.8) is 0 Å². The van der Waals surface area contributed by atoms with Crippen molar-refractivity contribution in [2.75, 3.05) is 0 Å². The van der Waals surface area contributed by atoms with Crippen LogP contribution in [0.4, 0.5) is 0 Å². The molecule has 4 N–H and O–H groups in total. The maximum atomic E-state index is 12.1. The van der Waals surface area contributed by atoms with E-state index in [1.165, 1.54) is 12.1 Å². The summed E-state index contributed by atoms with van der Waals surface area (Å²) in [5.41, 5.74) is 0.581. The summed E-state index contributed by atoms with van der Waals surface area (Å²) in [4.78, 5) is 0. The molecule has 0 unspecified atom stereocenters. The summed E-state index contributed by atoms with van der Waals surface area (Å²) in [6.45, 7) is 0. The zero-order valence-electron chi connectivity index (χ0n) is 26.0. The van der Waals surface area contributed by atoms with Gasteiger partial charge in [-0.25, -0.2) is 0 Å². The average Bonchev–Trinajstić information content (AvgIpc) is 3.15. The number of rotatable bonds is 8. The van der Waals surface area contributed by atoms with Crippen LogP contribution in [0.25, 0.3) is 11.1 Å². The SMILES string of the molecule is Oc1ccc(P(c2ccccc2)c2ccccc2)c(-c2c([PH](c3ccccc3)(c3ccccc3)c3ccccc3)ccc(O)c2O)c1O. The second-order valence-corrected chi connectivity index (χ2v) is 17.5. The molecule has 0 radical (unpaired) electrons. The molecule has 0 bridgehead atoms. The summed E-state index contributed by atoms with van der Waals surface area (Å²) >= 11 is 0. The van der Waals surface area contributed by atoms with Crippen LogP contribution in [0.2, 0.25) is 0 Å². The van der Waals surface area contributed by atoms with Crippen LogP contribution in [0.1, 0.15) is 0 Å². The molecule has 0 aliphatic heterocycles. The molecule has 0 aliphatic rings. The number of hydrogen-bond donors (Lipinski definition) is 4. The number of benzene rings is 7. The summed E-state index contributed by atoms with van der Waals surface area (Å²) in [6, 6.07) is 57.6. The van der Waals surface area contributed by atoms with E-state index in [9.17, 15) is 20.4 Å². The molecule has 0 saturated heterocycles. The van der Waals surface area contributed by atoms with E-state index in [-0.39, 0.29) is 28.6 Å². The summed E-state index contributed by atoms with van der Waals surface area (Å²) in [5.74, 6) is -1.34. The van der Waals surface area contributed by atoms with E-state index in [0.717, 1.165) is 37.1 Å². The van der Waals surface area contributed by atoms with Crippen molar-refractivity contribution < 1.29 is 20.4 Å². The first-order chi connectivity index (χ1) is 23.5. The quantitative estimate of drug-likeness (QED) is 0.114. The van der Waals surface area contributed by atoms with Gasteiger partial charge in [-0.15, -0.1) is 0 Å². The fraction of sp³-hybridized carbons (Fsp3) is 0. The average molecular weight is 665 g/mol. The van der Waals surface area contributed by atoms with Gasteiger partial charge in [0.2, 0.25) is 0 Å². The van der Waals surface area contributed by atoms with Crippen LogP contribution < -0.4 is 37.1 Å². The minimum atomic E-state index is -3.29. The molecule has 0 fully saturated rings. The summed E-state index contributed by atoms with van der Waals surface area (Å²) in [5, 5.41) is 53.1. The Balaban J connectivity index is 1.66. The van der Waals surface area contributed by atoms with Crippen molar-refractivity contribution in [2.45, 2.75) is 0 Å². The molecule has 6 heteroatoms. The molecular weight excluding hydrogens is 630 g/mol. The Morgan fingerprint density at radius 3 is 1.12 bits per heavy atom. The molecule has 0 aliphatic carbocycles. The van der Waals surface area contributed by atoms with Gasteiger partial charge in [-0.3, -0.25) is 0 Å². The molecule has 7 aromatic rings. The molecule has 0 spiro atoms. The molecule has 48 heavy (non-hydrogen) atoms. The van der Waals surface area contributed by atoms with Gasteiger partial charge in [-0.05, 0) is 0 Å². The second-order valence-electron chi connectivity index (χ2n) is 11.5. The van der Waals surface area contributed by atoms with Crippen molar-refractivity contribution in [1.82, 2.24) is 0 Å². The van der Waals surface area contributed by atoms with Crippen molar-refractivity contribution >= 4 is 52.3 Å². The van der Waals surface area contributed by atoms with Gasteiger partial charge in [0.15, 0.2) is 0 Å². The molecule has 0 amide bonds. The molecular formula is C42H34O4P2. The topological polar surface area (TPSA) is 80.9 Å². The number of phenolic OH excluding ortho intramolecular Hbond substituents is 4. The van der Waals surface area contributed by atoms with Crippen molar-refractivity contribution in [1.29, 1.82) is 0 Å². The van der Waals surface area contributed by atoms with Crippen LogP contribution in [0.15, 0.2) is 176 Å². The monoisotopic (exact) mass is 664 g/mol. The Morgan fingerprint density at radius 2 is 0.708 bits per heavy atom. The fourth-order valence-electron chi connectivity index (χ4n) is 6.76. The first-order valence-electron chi connectivity index (χ1n) is 15.7. The van der Waals surface area contributed by atoms with Crippen LogP contribution in [0.5, 0.6) is 23.0 Å². The van der Waals surface area contributed by atoms with Crippen LogP contribution in [0, 0.1) is 0 Å². The third kappa shape index (κ3) is 5.40. The third-order valence-corrected chi connectivity index (χ3v) is 16.1. The molecule has 0 heterocycles. The molecule has 7 aromatic carbocycles. The second kappa shape index (κ2) is 13.4. The van der Waals surface area contributed by atoms with E-state index < -0.39 is 15.2 Å². The zero-order valence-corrected chi connectivity index (χ0v) is 27.9. The molecule has 0 aromatic heterocycles. The van der Waals surface area contributed by atoms with Gasteiger partial charge in [0.05, 0.1) is 0 Å². The molecule has 0 atom stereocenters. The van der Waals surface area contributed by atoms with Crippen LogP contribution in [-0.2, 0) is 0 Å². The third-order valence-electron chi connectivity index (χ3n) is 8.84. The van der Waals surface area contributed by atoms with Gasteiger partial charge < -0.3 is 0 Å². The first kappa shape index (κ1) is 31.2. The van der Waals surface area contributed by atoms with E-state index in [4.69, 9.17) is 0 Å². The minimum absolute atomic E-state index is 0.289. The van der Waals surface area contributed by atoms with Crippen molar-refractivity contribution in [3.8, 4) is 34.1 Å². The van der Waals surface area contributed by atoms with Gasteiger partial charge >= 0.3 is 283 Å². The van der Waals surface area contributed by atoms with Crippen molar-refractivity contribution in [2.24, 2.45) is 0 Å².